The van der Waals surface area contributed by atoms with Crippen LogP contribution in [-0.4, -0.2) is 9.78 Å². The summed E-state index contributed by atoms with van der Waals surface area (Å²) in [6.07, 6.45) is 4.57. The Morgan fingerprint density at radius 3 is 2.86 bits per heavy atom. The minimum Gasteiger partial charge on any atom is -0.268 e. The number of hydrogen-bond donors (Lipinski definition) is 0. The maximum atomic E-state index is 8.69. The highest BCUT2D eigenvalue weighted by Crippen LogP contribution is 2.50. The Morgan fingerprint density at radius 1 is 1.71 bits per heavy atom. The first-order chi connectivity index (χ1) is 6.67. The van der Waals surface area contributed by atoms with Gasteiger partial charge in [0, 0.05) is 18.4 Å². The number of rotatable bonds is 3. The minimum absolute atomic E-state index is 0.189. The normalized spacial score (nSPS) is 17.8. The van der Waals surface area contributed by atoms with Crippen molar-refractivity contribution in [2.75, 3.05) is 0 Å². The summed E-state index contributed by atoms with van der Waals surface area (Å²) < 4.78 is 1.91. The molecule has 0 saturated heterocycles. The lowest BCUT2D eigenvalue weighted by Crippen LogP contribution is -2.13. The largest absolute Gasteiger partial charge is 0.268 e. The van der Waals surface area contributed by atoms with Crippen LogP contribution in [0.25, 0.3) is 0 Å². The topological polar surface area (TPSA) is 41.6 Å². The molecular formula is C10H12ClN3. The SMILES string of the molecule is Cc1c(Cl)cnn1CC1(CC#N)CC1. The van der Waals surface area contributed by atoms with Crippen LogP contribution < -0.4 is 0 Å². The van der Waals surface area contributed by atoms with E-state index < -0.39 is 0 Å². The minimum atomic E-state index is 0.189. The van der Waals surface area contributed by atoms with E-state index in [1.165, 1.54) is 0 Å². The Hall–Kier alpha value is -1.01. The highest BCUT2D eigenvalue weighted by Gasteiger charge is 2.43. The molecule has 1 aromatic rings. The molecule has 0 unspecified atom stereocenters. The number of halogens is 1. The van der Waals surface area contributed by atoms with Crippen molar-refractivity contribution < 1.29 is 0 Å². The first kappa shape index (κ1) is 9.54. The summed E-state index contributed by atoms with van der Waals surface area (Å²) in [7, 11) is 0. The van der Waals surface area contributed by atoms with Gasteiger partial charge >= 0.3 is 0 Å². The summed E-state index contributed by atoms with van der Waals surface area (Å²) in [5, 5.41) is 13.6. The summed E-state index contributed by atoms with van der Waals surface area (Å²) in [5.41, 5.74) is 1.19. The molecule has 0 atom stereocenters. The van der Waals surface area contributed by atoms with E-state index >= 15 is 0 Å². The van der Waals surface area contributed by atoms with Crippen molar-refractivity contribution in [3.63, 3.8) is 0 Å². The molecule has 4 heteroatoms. The van der Waals surface area contributed by atoms with E-state index in [0.717, 1.165) is 25.1 Å². The monoisotopic (exact) mass is 209 g/mol. The van der Waals surface area contributed by atoms with E-state index in [9.17, 15) is 0 Å². The number of nitriles is 1. The zero-order chi connectivity index (χ0) is 10.2. The average Bonchev–Trinajstić information content (AvgIpc) is 2.85. The second-order valence-corrected chi connectivity index (χ2v) is 4.48. The molecule has 1 aliphatic rings. The molecule has 0 bridgehead atoms. The lowest BCUT2D eigenvalue weighted by atomic mass is 10.0. The Bertz CT molecular complexity index is 385. The van der Waals surface area contributed by atoms with Gasteiger partial charge in [0.05, 0.1) is 23.0 Å². The van der Waals surface area contributed by atoms with Gasteiger partial charge < -0.3 is 0 Å². The molecule has 3 nitrogen and oxygen atoms in total. The predicted octanol–water partition coefficient (Wildman–Crippen LogP) is 2.54. The van der Waals surface area contributed by atoms with E-state index in [2.05, 4.69) is 11.2 Å². The molecule has 1 fully saturated rings. The average molecular weight is 210 g/mol. The third-order valence-electron chi connectivity index (χ3n) is 2.94. The van der Waals surface area contributed by atoms with Gasteiger partial charge in [-0.15, -0.1) is 0 Å². The summed E-state index contributed by atoms with van der Waals surface area (Å²) in [6.45, 7) is 2.79. The van der Waals surface area contributed by atoms with Crippen molar-refractivity contribution in [1.29, 1.82) is 5.26 Å². The van der Waals surface area contributed by atoms with Crippen LogP contribution in [-0.2, 0) is 6.54 Å². The molecule has 1 heterocycles. The maximum Gasteiger partial charge on any atom is 0.0814 e. The molecular weight excluding hydrogens is 198 g/mol. The molecule has 1 saturated carbocycles. The number of nitrogens with zero attached hydrogens (tertiary/aromatic N) is 3. The predicted molar refractivity (Wildman–Crippen MR) is 53.9 cm³/mol. The molecule has 0 aliphatic heterocycles. The van der Waals surface area contributed by atoms with E-state index in [1.54, 1.807) is 6.20 Å². The van der Waals surface area contributed by atoms with Crippen LogP contribution in [0.2, 0.25) is 5.02 Å². The molecule has 0 spiro atoms. The second-order valence-electron chi connectivity index (χ2n) is 4.07. The zero-order valence-corrected chi connectivity index (χ0v) is 8.88. The van der Waals surface area contributed by atoms with Crippen molar-refractivity contribution in [2.24, 2.45) is 5.41 Å². The number of hydrogen-bond acceptors (Lipinski definition) is 2. The van der Waals surface area contributed by atoms with Gasteiger partial charge in [-0.3, -0.25) is 4.68 Å². The third-order valence-corrected chi connectivity index (χ3v) is 3.31. The summed E-state index contributed by atoms with van der Waals surface area (Å²) in [6, 6.07) is 2.24. The highest BCUT2D eigenvalue weighted by molar-refractivity contribution is 6.31. The van der Waals surface area contributed by atoms with E-state index in [4.69, 9.17) is 16.9 Å². The van der Waals surface area contributed by atoms with E-state index in [1.807, 2.05) is 11.6 Å². The van der Waals surface area contributed by atoms with E-state index in [-0.39, 0.29) is 5.41 Å². The molecule has 0 N–H and O–H groups in total. The van der Waals surface area contributed by atoms with Crippen molar-refractivity contribution in [3.05, 3.63) is 16.9 Å². The molecule has 0 amide bonds. The molecule has 1 aliphatic carbocycles. The van der Waals surface area contributed by atoms with Crippen LogP contribution in [0.3, 0.4) is 0 Å². The summed E-state index contributed by atoms with van der Waals surface area (Å²) >= 11 is 5.91. The fraction of sp³-hybridized carbons (Fsp3) is 0.600. The first-order valence-corrected chi connectivity index (χ1v) is 5.10. The van der Waals surface area contributed by atoms with Gasteiger partial charge in [-0.05, 0) is 19.8 Å². The van der Waals surface area contributed by atoms with Gasteiger partial charge in [-0.25, -0.2) is 0 Å². The Morgan fingerprint density at radius 2 is 2.43 bits per heavy atom. The number of aromatic nitrogens is 2. The molecule has 74 valence electrons. The van der Waals surface area contributed by atoms with Gasteiger partial charge in [0.1, 0.15) is 0 Å². The van der Waals surface area contributed by atoms with Gasteiger partial charge in [-0.1, -0.05) is 11.6 Å². The summed E-state index contributed by atoms with van der Waals surface area (Å²) in [5.74, 6) is 0. The summed E-state index contributed by atoms with van der Waals surface area (Å²) in [4.78, 5) is 0. The lowest BCUT2D eigenvalue weighted by molar-refractivity contribution is 0.399. The van der Waals surface area contributed by atoms with Crippen molar-refractivity contribution in [3.8, 4) is 6.07 Å². The van der Waals surface area contributed by atoms with Gasteiger partial charge in [0.15, 0.2) is 0 Å². The Kier molecular flexibility index (Phi) is 2.24. The van der Waals surface area contributed by atoms with Crippen molar-refractivity contribution in [1.82, 2.24) is 9.78 Å². The molecule has 2 rings (SSSR count). The van der Waals surface area contributed by atoms with Crippen LogP contribution in [0.4, 0.5) is 0 Å². The smallest absolute Gasteiger partial charge is 0.0814 e. The fourth-order valence-electron chi connectivity index (χ4n) is 1.64. The van der Waals surface area contributed by atoms with Crippen LogP contribution in [0.1, 0.15) is 25.0 Å². The van der Waals surface area contributed by atoms with Crippen molar-refractivity contribution in [2.45, 2.75) is 32.7 Å². The van der Waals surface area contributed by atoms with Gasteiger partial charge in [0.2, 0.25) is 0 Å². The lowest BCUT2D eigenvalue weighted by Gasteiger charge is -2.12. The van der Waals surface area contributed by atoms with Gasteiger partial charge in [-0.2, -0.15) is 10.4 Å². The standard InChI is InChI=1S/C10H12ClN3/c1-8-9(11)6-13-14(8)7-10(2-3-10)4-5-12/h6H,2-4,7H2,1H3. The highest BCUT2D eigenvalue weighted by atomic mass is 35.5. The van der Waals surface area contributed by atoms with Crippen LogP contribution in [0.15, 0.2) is 6.20 Å². The Labute approximate surface area is 88.3 Å². The zero-order valence-electron chi connectivity index (χ0n) is 8.13. The molecule has 1 aromatic heterocycles. The maximum absolute atomic E-state index is 8.69. The van der Waals surface area contributed by atoms with Crippen LogP contribution in [0, 0.1) is 23.7 Å². The molecule has 14 heavy (non-hydrogen) atoms. The van der Waals surface area contributed by atoms with E-state index in [0.29, 0.717) is 11.4 Å². The van der Waals surface area contributed by atoms with Crippen LogP contribution >= 0.6 is 11.6 Å². The second kappa shape index (κ2) is 3.29. The van der Waals surface area contributed by atoms with Crippen molar-refractivity contribution >= 4 is 11.6 Å². The fourth-order valence-corrected chi connectivity index (χ4v) is 1.78. The van der Waals surface area contributed by atoms with Crippen LogP contribution in [0.5, 0.6) is 0 Å². The third kappa shape index (κ3) is 1.62. The Balaban J connectivity index is 2.12. The van der Waals surface area contributed by atoms with Gasteiger partial charge in [0.25, 0.3) is 0 Å². The molecule has 0 aromatic carbocycles. The molecule has 0 radical (unpaired) electrons. The quantitative estimate of drug-likeness (QED) is 0.768. The first-order valence-electron chi connectivity index (χ1n) is 4.72.